The number of unbranched alkanes of at least 4 members (excludes halogenated alkanes) is 4. The van der Waals surface area contributed by atoms with Gasteiger partial charge < -0.3 is 45.6 Å². The largest absolute Gasteiger partial charge is 0.481 e. The van der Waals surface area contributed by atoms with Gasteiger partial charge in [0, 0.05) is 12.8 Å². The molecule has 0 unspecified atom stereocenters. The molecule has 208 valence electrons. The van der Waals surface area contributed by atoms with Crippen molar-refractivity contribution in [3.05, 3.63) is 35.4 Å². The Morgan fingerprint density at radius 3 is 1.22 bits per heavy atom. The summed E-state index contributed by atoms with van der Waals surface area (Å²) < 4.78 is 4.63. The van der Waals surface area contributed by atoms with Gasteiger partial charge in [0.15, 0.2) is 0 Å². The van der Waals surface area contributed by atoms with Crippen LogP contribution in [0.25, 0.3) is 0 Å². The molecule has 0 aliphatic rings. The van der Waals surface area contributed by atoms with Crippen molar-refractivity contribution in [2.24, 2.45) is 0 Å². The number of benzene rings is 1. The van der Waals surface area contributed by atoms with Gasteiger partial charge in [-0.3, -0.25) is 9.59 Å². The van der Waals surface area contributed by atoms with Crippen LogP contribution in [-0.4, -0.2) is 104 Å². The Morgan fingerprint density at radius 1 is 0.583 bits per heavy atom. The average Bonchev–Trinajstić information content (AvgIpc) is 2.84. The van der Waals surface area contributed by atoms with Crippen molar-refractivity contribution in [3.8, 4) is 0 Å². The lowest BCUT2D eigenvalue weighted by atomic mass is 10.1. The number of aliphatic hydroxyl groups is 4. The molecule has 0 bridgehead atoms. The average molecular weight is 523 g/mol. The number of carbonyl (C=O) groups is 4. The number of carboxylic acids is 4. The first-order valence-corrected chi connectivity index (χ1v) is 11.1. The fourth-order valence-corrected chi connectivity index (χ4v) is 2.10. The first-order valence-electron chi connectivity index (χ1n) is 11.1. The number of aliphatic hydroxyl groups excluding tert-OH is 4. The Morgan fingerprint density at radius 2 is 0.944 bits per heavy atom. The number of aliphatic carboxylic acids is 2. The Bertz CT molecular complexity index is 654. The highest BCUT2D eigenvalue weighted by Crippen LogP contribution is 2.07. The fraction of sp³-hybridized carbons (Fsp3) is 0.565. The van der Waals surface area contributed by atoms with Crippen molar-refractivity contribution in [1.29, 1.82) is 0 Å². The van der Waals surface area contributed by atoms with Crippen LogP contribution in [0.2, 0.25) is 0 Å². The van der Waals surface area contributed by atoms with Crippen molar-refractivity contribution in [1.82, 2.24) is 0 Å². The first kappa shape index (κ1) is 37.4. The predicted molar refractivity (Wildman–Crippen MR) is 127 cm³/mol. The zero-order valence-electron chi connectivity index (χ0n) is 20.1. The summed E-state index contributed by atoms with van der Waals surface area (Å²) in [6.45, 7) is 0.446. The lowest BCUT2D eigenvalue weighted by Gasteiger charge is -1.97. The highest BCUT2D eigenvalue weighted by Gasteiger charge is 2.06. The molecule has 0 aromatic heterocycles. The predicted octanol–water partition coefficient (Wildman–Crippen LogP) is 0.928. The number of hydrogen-bond donors (Lipinski definition) is 8. The normalized spacial score (nSPS) is 9.33. The summed E-state index contributed by atoms with van der Waals surface area (Å²) in [5, 5.41) is 65.0. The third-order valence-electron chi connectivity index (χ3n) is 3.71. The topological polar surface area (TPSA) is 239 Å². The maximum Gasteiger partial charge on any atom is 0.335 e. The van der Waals surface area contributed by atoms with Crippen LogP contribution in [-0.2, 0) is 14.3 Å². The minimum absolute atomic E-state index is 0.0186. The molecule has 8 N–H and O–H groups in total. The third kappa shape index (κ3) is 30.9. The van der Waals surface area contributed by atoms with Gasteiger partial charge in [0.05, 0.1) is 50.8 Å². The van der Waals surface area contributed by atoms with Gasteiger partial charge in [-0.05, 0) is 31.0 Å². The van der Waals surface area contributed by atoms with Crippen LogP contribution < -0.4 is 0 Å². The molecule has 0 aliphatic heterocycles. The molecular weight excluding hydrogens is 484 g/mol. The minimum atomic E-state index is -1.13. The second-order valence-electron chi connectivity index (χ2n) is 6.75. The SMILES string of the molecule is O=C(O)CCCCCCCC(=O)O.O=C(O)c1cccc(C(=O)O)c1.OCCO.OCCOCCO. The molecule has 13 nitrogen and oxygen atoms in total. The van der Waals surface area contributed by atoms with Crippen molar-refractivity contribution < 1.29 is 64.8 Å². The molecule has 0 heterocycles. The molecule has 0 saturated heterocycles. The monoisotopic (exact) mass is 522 g/mol. The summed E-state index contributed by atoms with van der Waals surface area (Å²) in [6, 6.07) is 5.20. The summed E-state index contributed by atoms with van der Waals surface area (Å²) in [5.74, 6) is -3.77. The molecule has 0 saturated carbocycles. The number of carboxylic acid groups (broad SMARTS) is 4. The van der Waals surface area contributed by atoms with E-state index in [4.69, 9.17) is 40.9 Å². The zero-order valence-corrected chi connectivity index (χ0v) is 20.1. The van der Waals surface area contributed by atoms with E-state index in [0.717, 1.165) is 25.3 Å². The first-order chi connectivity index (χ1) is 17.1. The lowest BCUT2D eigenvalue weighted by Crippen LogP contribution is -2.03. The third-order valence-corrected chi connectivity index (χ3v) is 3.71. The van der Waals surface area contributed by atoms with Crippen molar-refractivity contribution in [2.75, 3.05) is 39.6 Å². The van der Waals surface area contributed by atoms with E-state index in [1.54, 1.807) is 0 Å². The highest BCUT2D eigenvalue weighted by atomic mass is 16.5. The van der Waals surface area contributed by atoms with Crippen LogP contribution in [0.1, 0.15) is 65.7 Å². The molecule has 0 fully saturated rings. The molecule has 0 amide bonds. The smallest absolute Gasteiger partial charge is 0.335 e. The fourth-order valence-electron chi connectivity index (χ4n) is 2.10. The molecule has 0 radical (unpaired) electrons. The summed E-state index contributed by atoms with van der Waals surface area (Å²) in [7, 11) is 0. The van der Waals surface area contributed by atoms with Crippen molar-refractivity contribution in [2.45, 2.75) is 44.9 Å². The van der Waals surface area contributed by atoms with Gasteiger partial charge in [0.1, 0.15) is 0 Å². The molecule has 0 aliphatic carbocycles. The highest BCUT2D eigenvalue weighted by molar-refractivity contribution is 5.93. The van der Waals surface area contributed by atoms with Gasteiger partial charge >= 0.3 is 23.9 Å². The number of ether oxygens (including phenoxy) is 1. The molecule has 1 aromatic carbocycles. The van der Waals surface area contributed by atoms with E-state index in [0.29, 0.717) is 26.1 Å². The van der Waals surface area contributed by atoms with E-state index in [2.05, 4.69) is 4.74 Å². The van der Waals surface area contributed by atoms with E-state index >= 15 is 0 Å². The standard InChI is InChI=1S/C9H16O4.C8H6O4.C4H10O3.C2H6O2/c10-8(11)6-4-2-1-3-5-7-9(12)13;9-7(10)5-2-1-3-6(4-5)8(11)12;5-1-3-7-4-2-6;3-1-2-4/h1-7H2,(H,10,11)(H,12,13);1-4H,(H,9,10)(H,11,12);5-6H,1-4H2;3-4H,1-2H2. The maximum absolute atomic E-state index is 10.4. The van der Waals surface area contributed by atoms with Crippen molar-refractivity contribution >= 4 is 23.9 Å². The zero-order chi connectivity index (χ0) is 28.2. The van der Waals surface area contributed by atoms with Crippen LogP contribution in [0.5, 0.6) is 0 Å². The molecular formula is C23H38O13. The van der Waals surface area contributed by atoms with Crippen LogP contribution in [0.15, 0.2) is 24.3 Å². The van der Waals surface area contributed by atoms with Gasteiger partial charge in [-0.15, -0.1) is 0 Å². The Labute approximate surface area is 209 Å². The van der Waals surface area contributed by atoms with E-state index in [1.807, 2.05) is 0 Å². The van der Waals surface area contributed by atoms with Gasteiger partial charge in [-0.2, -0.15) is 0 Å². The molecule has 1 rings (SSSR count). The summed E-state index contributed by atoms with van der Waals surface area (Å²) >= 11 is 0. The van der Waals surface area contributed by atoms with E-state index in [9.17, 15) is 19.2 Å². The second kappa shape index (κ2) is 28.1. The van der Waals surface area contributed by atoms with Gasteiger partial charge in [0.2, 0.25) is 0 Å². The van der Waals surface area contributed by atoms with E-state index < -0.39 is 23.9 Å². The molecule has 13 heteroatoms. The molecule has 36 heavy (non-hydrogen) atoms. The number of hydrogen-bond acceptors (Lipinski definition) is 9. The summed E-state index contributed by atoms with van der Waals surface area (Å²) in [5.41, 5.74) is -0.0372. The van der Waals surface area contributed by atoms with Crippen LogP contribution in [0.4, 0.5) is 0 Å². The number of rotatable bonds is 15. The van der Waals surface area contributed by atoms with Crippen LogP contribution >= 0.6 is 0 Å². The molecule has 0 atom stereocenters. The Balaban J connectivity index is -0.000000436. The summed E-state index contributed by atoms with van der Waals surface area (Å²) in [4.78, 5) is 41.0. The lowest BCUT2D eigenvalue weighted by molar-refractivity contribution is -0.138. The minimum Gasteiger partial charge on any atom is -0.481 e. The van der Waals surface area contributed by atoms with E-state index in [1.165, 1.54) is 18.2 Å². The maximum atomic E-state index is 10.4. The Kier molecular flexibility index (Phi) is 29.3. The van der Waals surface area contributed by atoms with Crippen LogP contribution in [0.3, 0.4) is 0 Å². The quantitative estimate of drug-likeness (QED) is 0.150. The van der Waals surface area contributed by atoms with E-state index in [-0.39, 0.29) is 50.4 Å². The summed E-state index contributed by atoms with van der Waals surface area (Å²) in [6.07, 6.45) is 4.53. The van der Waals surface area contributed by atoms with Crippen LogP contribution in [0, 0.1) is 0 Å². The second-order valence-corrected chi connectivity index (χ2v) is 6.75. The Hall–Kier alpha value is -3.10. The number of aromatic carboxylic acids is 2. The van der Waals surface area contributed by atoms with Gasteiger partial charge in [0.25, 0.3) is 0 Å². The van der Waals surface area contributed by atoms with Gasteiger partial charge in [-0.25, -0.2) is 9.59 Å². The van der Waals surface area contributed by atoms with Crippen molar-refractivity contribution in [3.63, 3.8) is 0 Å². The van der Waals surface area contributed by atoms with Gasteiger partial charge in [-0.1, -0.05) is 25.3 Å². The molecule has 0 spiro atoms. The molecule has 1 aromatic rings.